The van der Waals surface area contributed by atoms with Gasteiger partial charge in [-0.3, -0.25) is 9.79 Å². The van der Waals surface area contributed by atoms with Crippen molar-refractivity contribution in [3.63, 3.8) is 0 Å². The molecular weight excluding hydrogens is 470 g/mol. The first-order chi connectivity index (χ1) is 17.6. The van der Waals surface area contributed by atoms with E-state index in [0.717, 1.165) is 25.7 Å². The Bertz CT molecular complexity index is 1300. The Labute approximate surface area is 217 Å². The van der Waals surface area contributed by atoms with E-state index in [-0.39, 0.29) is 40.6 Å². The molecule has 3 heterocycles. The fraction of sp³-hybridized carbons (Fsp3) is 0.556. The van der Waals surface area contributed by atoms with E-state index in [1.54, 1.807) is 25.4 Å². The number of rotatable bonds is 4. The second kappa shape index (κ2) is 11.9. The van der Waals surface area contributed by atoms with Crippen molar-refractivity contribution in [1.29, 1.82) is 10.5 Å². The predicted octanol–water partition coefficient (Wildman–Crippen LogP) is 4.05. The number of nitriles is 2. The summed E-state index contributed by atoms with van der Waals surface area (Å²) in [5.74, 6) is 0. The summed E-state index contributed by atoms with van der Waals surface area (Å²) < 4.78 is 6.59. The summed E-state index contributed by atoms with van der Waals surface area (Å²) in [7, 11) is 3.55. The first-order valence-electron chi connectivity index (χ1n) is 12.5. The van der Waals surface area contributed by atoms with Gasteiger partial charge in [0, 0.05) is 20.1 Å². The molecule has 0 spiro atoms. The lowest BCUT2D eigenvalue weighted by Crippen LogP contribution is -2.36. The van der Waals surface area contributed by atoms with Crippen molar-refractivity contribution < 1.29 is 9.57 Å². The highest BCUT2D eigenvalue weighted by molar-refractivity contribution is 5.92. The number of anilines is 1. The van der Waals surface area contributed by atoms with Gasteiger partial charge in [0.05, 0.1) is 23.5 Å². The zero-order valence-corrected chi connectivity index (χ0v) is 22.4. The van der Waals surface area contributed by atoms with Crippen molar-refractivity contribution in [1.82, 2.24) is 9.55 Å². The van der Waals surface area contributed by atoms with E-state index in [4.69, 9.17) is 14.8 Å². The van der Waals surface area contributed by atoms with Crippen molar-refractivity contribution in [3.8, 4) is 12.1 Å². The number of hydrogen-bond acceptors (Lipinski definition) is 9. The topological polar surface area (TPSA) is 129 Å². The molecule has 2 aromatic rings. The first kappa shape index (κ1) is 27.7. The summed E-state index contributed by atoms with van der Waals surface area (Å²) in [4.78, 5) is 28.2. The highest BCUT2D eigenvalue weighted by Crippen LogP contribution is 2.32. The van der Waals surface area contributed by atoms with Gasteiger partial charge in [-0.05, 0) is 52.7 Å². The van der Waals surface area contributed by atoms with Gasteiger partial charge in [-0.25, -0.2) is 4.98 Å². The van der Waals surface area contributed by atoms with Crippen molar-refractivity contribution >= 4 is 29.3 Å². The van der Waals surface area contributed by atoms with Crippen LogP contribution in [-0.4, -0.2) is 53.0 Å². The second-order valence-corrected chi connectivity index (χ2v) is 10.3. The van der Waals surface area contributed by atoms with Crippen LogP contribution in [0.15, 0.2) is 27.1 Å². The van der Waals surface area contributed by atoms with Gasteiger partial charge in [-0.2, -0.15) is 10.5 Å². The van der Waals surface area contributed by atoms with E-state index in [9.17, 15) is 10.1 Å². The maximum Gasteiger partial charge on any atom is 0.270 e. The summed E-state index contributed by atoms with van der Waals surface area (Å²) in [6.45, 7) is 7.80. The zero-order chi connectivity index (χ0) is 27.2. The molecule has 0 radical (unpaired) electrons. The molecule has 37 heavy (non-hydrogen) atoms. The van der Waals surface area contributed by atoms with Gasteiger partial charge in [0.1, 0.15) is 34.5 Å². The average molecular weight is 506 g/mol. The number of ether oxygens (including phenoxy) is 1. The van der Waals surface area contributed by atoms with Gasteiger partial charge in [0.15, 0.2) is 12.5 Å². The van der Waals surface area contributed by atoms with E-state index in [1.807, 2.05) is 45.7 Å². The van der Waals surface area contributed by atoms with Crippen molar-refractivity contribution in [3.05, 3.63) is 33.7 Å². The standard InChI is InChI=1S/C18H19N5O.C9H16N2O2/c1-22(13-6-4-3-5-7-13)17-14(11-20)18(24)23(2)15-9-8-12(10-19)21-16(15)17;1-7-8(12-6-10-7)5-11-13-9(2,3)4/h8-9,13H,3-7H2,1-2H3;5-8H,1-4H3/b;11-5-. The molecule has 0 bridgehead atoms. The molecule has 2 unspecified atom stereocenters. The smallest absolute Gasteiger partial charge is 0.270 e. The van der Waals surface area contributed by atoms with Gasteiger partial charge < -0.3 is 19.0 Å². The van der Waals surface area contributed by atoms with Crippen LogP contribution in [0.3, 0.4) is 0 Å². The average Bonchev–Trinajstić information content (AvgIpc) is 3.29. The molecule has 4 rings (SSSR count). The SMILES string of the molecule is CC1N=COC1/C=N\OC(C)(C)C.CN(c1c(C#N)c(=O)n(C)c2ccc(C#N)nc12)C1CCCCC1. The van der Waals surface area contributed by atoms with Crippen LogP contribution >= 0.6 is 0 Å². The fourth-order valence-electron chi connectivity index (χ4n) is 4.36. The number of aliphatic imine (C=N–C) groups is 1. The molecule has 2 atom stereocenters. The molecule has 1 aliphatic heterocycles. The maximum atomic E-state index is 12.6. The van der Waals surface area contributed by atoms with Crippen molar-refractivity contribution in [2.45, 2.75) is 83.6 Å². The lowest BCUT2D eigenvalue weighted by Gasteiger charge is -2.33. The Balaban J connectivity index is 0.000000248. The third kappa shape index (κ3) is 6.65. The van der Waals surface area contributed by atoms with Crippen LogP contribution < -0.4 is 10.5 Å². The molecule has 1 saturated carbocycles. The second-order valence-electron chi connectivity index (χ2n) is 10.3. The summed E-state index contributed by atoms with van der Waals surface area (Å²) in [6, 6.07) is 7.83. The number of hydrogen-bond donors (Lipinski definition) is 0. The van der Waals surface area contributed by atoms with Gasteiger partial charge in [0.2, 0.25) is 0 Å². The molecule has 1 fully saturated rings. The number of nitrogens with zero attached hydrogens (tertiary/aromatic N) is 7. The van der Waals surface area contributed by atoms with E-state index in [1.165, 1.54) is 17.4 Å². The van der Waals surface area contributed by atoms with Crippen molar-refractivity contribution in [2.75, 3.05) is 11.9 Å². The van der Waals surface area contributed by atoms with Crippen molar-refractivity contribution in [2.24, 2.45) is 17.2 Å². The lowest BCUT2D eigenvalue weighted by molar-refractivity contribution is 0.000537. The van der Waals surface area contributed by atoms with E-state index < -0.39 is 0 Å². The maximum absolute atomic E-state index is 12.6. The molecular formula is C27H35N7O3. The number of oxime groups is 1. The van der Waals surface area contributed by atoms with Crippen LogP contribution in [0.5, 0.6) is 0 Å². The third-order valence-corrected chi connectivity index (χ3v) is 6.44. The molecule has 0 N–H and O–H groups in total. The minimum Gasteiger partial charge on any atom is -0.472 e. The number of pyridine rings is 2. The van der Waals surface area contributed by atoms with Gasteiger partial charge in [-0.1, -0.05) is 24.4 Å². The Morgan fingerprint density at radius 1 is 1.22 bits per heavy atom. The van der Waals surface area contributed by atoms with Crippen LogP contribution in [0.25, 0.3) is 11.0 Å². The number of fused-ring (bicyclic) bond motifs is 1. The molecule has 0 aromatic carbocycles. The molecule has 196 valence electrons. The predicted molar refractivity (Wildman–Crippen MR) is 144 cm³/mol. The summed E-state index contributed by atoms with van der Waals surface area (Å²) in [6.07, 6.45) is 8.62. The molecule has 2 aromatic heterocycles. The molecule has 10 heteroatoms. The Morgan fingerprint density at radius 3 is 2.49 bits per heavy atom. The minimum absolute atomic E-state index is 0.0812. The molecule has 1 aliphatic carbocycles. The summed E-state index contributed by atoms with van der Waals surface area (Å²) in [5.41, 5.74) is 1.54. The van der Waals surface area contributed by atoms with Crippen LogP contribution in [-0.2, 0) is 16.6 Å². The minimum atomic E-state index is -0.325. The molecule has 0 saturated heterocycles. The number of aryl methyl sites for hydroxylation is 1. The van der Waals surface area contributed by atoms with Gasteiger partial charge in [-0.15, -0.1) is 0 Å². The highest BCUT2D eigenvalue weighted by atomic mass is 16.6. The Kier molecular flexibility index (Phi) is 8.88. The van der Waals surface area contributed by atoms with E-state index in [2.05, 4.69) is 21.2 Å². The fourth-order valence-corrected chi connectivity index (χ4v) is 4.36. The Morgan fingerprint density at radius 2 is 1.92 bits per heavy atom. The summed E-state index contributed by atoms with van der Waals surface area (Å²) >= 11 is 0. The Hall–Kier alpha value is -3.92. The van der Waals surface area contributed by atoms with Crippen LogP contribution in [0.2, 0.25) is 0 Å². The van der Waals surface area contributed by atoms with Gasteiger partial charge in [0.25, 0.3) is 5.56 Å². The molecule has 10 nitrogen and oxygen atoms in total. The largest absolute Gasteiger partial charge is 0.472 e. The number of aromatic nitrogens is 2. The van der Waals surface area contributed by atoms with E-state index >= 15 is 0 Å². The zero-order valence-electron chi connectivity index (χ0n) is 22.4. The van der Waals surface area contributed by atoms with Crippen LogP contribution in [0.1, 0.15) is 71.1 Å². The monoisotopic (exact) mass is 505 g/mol. The molecule has 0 amide bonds. The molecule has 2 aliphatic rings. The first-order valence-corrected chi connectivity index (χ1v) is 12.5. The van der Waals surface area contributed by atoms with Crippen LogP contribution in [0.4, 0.5) is 5.69 Å². The lowest BCUT2D eigenvalue weighted by atomic mass is 9.93. The third-order valence-electron chi connectivity index (χ3n) is 6.44. The highest BCUT2D eigenvalue weighted by Gasteiger charge is 2.26. The normalized spacial score (nSPS) is 19.6. The summed E-state index contributed by atoms with van der Waals surface area (Å²) in [5, 5.41) is 22.6. The van der Waals surface area contributed by atoms with Gasteiger partial charge >= 0.3 is 0 Å². The van der Waals surface area contributed by atoms with Crippen LogP contribution in [0, 0.1) is 22.7 Å². The van der Waals surface area contributed by atoms with E-state index in [0.29, 0.717) is 16.7 Å². The quantitative estimate of drug-likeness (QED) is 0.453.